The highest BCUT2D eigenvalue weighted by Gasteiger charge is 2.23. The van der Waals surface area contributed by atoms with Crippen molar-refractivity contribution in [1.29, 1.82) is 0 Å². The average molecular weight is 474 g/mol. The van der Waals surface area contributed by atoms with Crippen LogP contribution >= 0.6 is 0 Å². The zero-order valence-electron chi connectivity index (χ0n) is 19.6. The Bertz CT molecular complexity index is 922. The third-order valence-electron chi connectivity index (χ3n) is 5.37. The summed E-state index contributed by atoms with van der Waals surface area (Å²) in [6.45, 7) is 3.77. The maximum Gasteiger partial charge on any atom is 0.253 e. The molecule has 0 radical (unpaired) electrons. The molecule has 0 bridgehead atoms. The van der Waals surface area contributed by atoms with E-state index in [-0.39, 0.29) is 43.1 Å². The fraction of sp³-hybridized carbons (Fsp3) is 0.440. The molecule has 8 nitrogen and oxygen atoms in total. The Balaban J connectivity index is 1.74. The highest BCUT2D eigenvalue weighted by Crippen LogP contribution is 2.16. The van der Waals surface area contributed by atoms with E-state index < -0.39 is 17.8 Å². The number of hydrogen-bond acceptors (Lipinski definition) is 5. The Kier molecular flexibility index (Phi) is 10.6. The lowest BCUT2D eigenvalue weighted by Crippen LogP contribution is -2.39. The second-order valence-electron chi connectivity index (χ2n) is 8.46. The molecule has 34 heavy (non-hydrogen) atoms. The molecule has 1 aliphatic heterocycles. The van der Waals surface area contributed by atoms with Crippen LogP contribution in [0.15, 0.2) is 48.3 Å². The second-order valence-corrected chi connectivity index (χ2v) is 8.46. The van der Waals surface area contributed by atoms with Crippen LogP contribution in [-0.4, -0.2) is 46.2 Å². The summed E-state index contributed by atoms with van der Waals surface area (Å²) in [5.41, 5.74) is 1.26. The Morgan fingerprint density at radius 3 is 2.26 bits per heavy atom. The number of halogens is 1. The summed E-state index contributed by atoms with van der Waals surface area (Å²) in [5.74, 6) is -2.13. The summed E-state index contributed by atoms with van der Waals surface area (Å²) in [4.78, 5) is 48.6. The SMILES string of the molecule is CC(C)C(NC(=O)CCCCCN1C(=O)C=CC1=O)/C(F)=C/CC(=O)Nc1ccc(CO)cc1. The number of anilines is 1. The first-order valence-corrected chi connectivity index (χ1v) is 11.4. The zero-order valence-corrected chi connectivity index (χ0v) is 19.6. The van der Waals surface area contributed by atoms with Crippen LogP contribution in [0.4, 0.5) is 10.1 Å². The van der Waals surface area contributed by atoms with E-state index in [0.29, 0.717) is 37.1 Å². The predicted molar refractivity (Wildman–Crippen MR) is 126 cm³/mol. The highest BCUT2D eigenvalue weighted by molar-refractivity contribution is 6.12. The summed E-state index contributed by atoms with van der Waals surface area (Å²) in [7, 11) is 0. The van der Waals surface area contributed by atoms with Crippen LogP contribution < -0.4 is 10.6 Å². The third kappa shape index (κ3) is 8.55. The average Bonchev–Trinajstić information content (AvgIpc) is 3.13. The van der Waals surface area contributed by atoms with Crippen molar-refractivity contribution < 1.29 is 28.7 Å². The van der Waals surface area contributed by atoms with Gasteiger partial charge in [0.05, 0.1) is 12.6 Å². The fourth-order valence-corrected chi connectivity index (χ4v) is 3.41. The van der Waals surface area contributed by atoms with E-state index in [9.17, 15) is 23.6 Å². The lowest BCUT2D eigenvalue weighted by Gasteiger charge is -2.21. The number of aliphatic hydroxyl groups excluding tert-OH is 1. The monoisotopic (exact) mass is 473 g/mol. The number of nitrogens with one attached hydrogen (secondary N) is 2. The van der Waals surface area contributed by atoms with E-state index in [1.165, 1.54) is 18.2 Å². The summed E-state index contributed by atoms with van der Waals surface area (Å²) >= 11 is 0. The minimum absolute atomic E-state index is 0.0944. The van der Waals surface area contributed by atoms with Crippen LogP contribution in [0.2, 0.25) is 0 Å². The van der Waals surface area contributed by atoms with Crippen molar-refractivity contribution in [3.63, 3.8) is 0 Å². The molecule has 2 rings (SSSR count). The number of imide groups is 1. The van der Waals surface area contributed by atoms with Gasteiger partial charge in [0.2, 0.25) is 11.8 Å². The highest BCUT2D eigenvalue weighted by atomic mass is 19.1. The first-order chi connectivity index (χ1) is 16.2. The van der Waals surface area contributed by atoms with Gasteiger partial charge in [-0.1, -0.05) is 32.4 Å². The number of unbranched alkanes of at least 4 members (excludes halogenated alkanes) is 2. The molecule has 1 aromatic carbocycles. The Morgan fingerprint density at radius 2 is 1.68 bits per heavy atom. The molecular formula is C25H32FN3O5. The molecule has 0 saturated heterocycles. The number of hydrogen-bond donors (Lipinski definition) is 3. The van der Waals surface area contributed by atoms with Crippen LogP contribution in [0, 0.1) is 5.92 Å². The molecule has 1 aliphatic rings. The van der Waals surface area contributed by atoms with Crippen LogP contribution in [-0.2, 0) is 25.8 Å². The van der Waals surface area contributed by atoms with Gasteiger partial charge in [-0.05, 0) is 42.5 Å². The van der Waals surface area contributed by atoms with Gasteiger partial charge >= 0.3 is 0 Å². The number of amides is 4. The molecule has 9 heteroatoms. The van der Waals surface area contributed by atoms with Gasteiger partial charge in [0.1, 0.15) is 5.83 Å². The van der Waals surface area contributed by atoms with Gasteiger partial charge in [0.15, 0.2) is 0 Å². The number of carbonyl (C=O) groups is 4. The molecular weight excluding hydrogens is 441 g/mol. The first-order valence-electron chi connectivity index (χ1n) is 11.4. The quantitative estimate of drug-likeness (QED) is 0.301. The molecule has 4 amide bonds. The molecule has 0 aromatic heterocycles. The van der Waals surface area contributed by atoms with Crippen LogP contribution in [0.25, 0.3) is 0 Å². The second kappa shape index (κ2) is 13.4. The van der Waals surface area contributed by atoms with Gasteiger partial charge in [-0.15, -0.1) is 0 Å². The van der Waals surface area contributed by atoms with Crippen molar-refractivity contribution in [2.24, 2.45) is 5.92 Å². The largest absolute Gasteiger partial charge is 0.392 e. The molecule has 1 aromatic rings. The molecule has 3 N–H and O–H groups in total. The first kappa shape index (κ1) is 26.9. The maximum atomic E-state index is 14.7. The minimum atomic E-state index is -0.838. The van der Waals surface area contributed by atoms with Crippen molar-refractivity contribution in [3.05, 3.63) is 53.9 Å². The Hall–Kier alpha value is -3.33. The lowest BCUT2D eigenvalue weighted by atomic mass is 10.0. The van der Waals surface area contributed by atoms with E-state index >= 15 is 0 Å². The molecule has 1 unspecified atom stereocenters. The lowest BCUT2D eigenvalue weighted by molar-refractivity contribution is -0.137. The molecule has 0 aliphatic carbocycles. The number of rotatable bonds is 13. The van der Waals surface area contributed by atoms with Crippen molar-refractivity contribution >= 4 is 29.3 Å². The van der Waals surface area contributed by atoms with Crippen molar-refractivity contribution in [2.45, 2.75) is 58.6 Å². The molecule has 1 atom stereocenters. The number of nitrogens with zero attached hydrogens (tertiary/aromatic N) is 1. The van der Waals surface area contributed by atoms with Crippen molar-refractivity contribution in [3.8, 4) is 0 Å². The van der Waals surface area contributed by atoms with Gasteiger partial charge in [0, 0.05) is 37.2 Å². The van der Waals surface area contributed by atoms with Crippen molar-refractivity contribution in [1.82, 2.24) is 10.2 Å². The maximum absolute atomic E-state index is 14.7. The Labute approximate surface area is 198 Å². The molecule has 0 spiro atoms. The van der Waals surface area contributed by atoms with E-state index in [2.05, 4.69) is 10.6 Å². The number of aliphatic hydroxyl groups is 1. The van der Waals surface area contributed by atoms with E-state index in [1.54, 1.807) is 38.1 Å². The van der Waals surface area contributed by atoms with Gasteiger partial charge in [-0.2, -0.15) is 0 Å². The number of benzene rings is 1. The van der Waals surface area contributed by atoms with Crippen LogP contribution in [0.1, 0.15) is 51.5 Å². The topological polar surface area (TPSA) is 116 Å². The molecule has 1 heterocycles. The van der Waals surface area contributed by atoms with E-state index in [4.69, 9.17) is 5.11 Å². The summed E-state index contributed by atoms with van der Waals surface area (Å²) in [6, 6.07) is 5.82. The van der Waals surface area contributed by atoms with Gasteiger partial charge in [-0.25, -0.2) is 4.39 Å². The molecule has 0 saturated carbocycles. The molecule has 0 fully saturated rings. The zero-order chi connectivity index (χ0) is 25.1. The van der Waals surface area contributed by atoms with Gasteiger partial charge in [-0.3, -0.25) is 24.1 Å². The summed E-state index contributed by atoms with van der Waals surface area (Å²) in [5, 5.41) is 14.4. The van der Waals surface area contributed by atoms with Crippen molar-refractivity contribution in [2.75, 3.05) is 11.9 Å². The summed E-state index contributed by atoms with van der Waals surface area (Å²) in [6.07, 6.45) is 5.44. The molecule has 184 valence electrons. The Morgan fingerprint density at radius 1 is 1.03 bits per heavy atom. The minimum Gasteiger partial charge on any atom is -0.392 e. The predicted octanol–water partition coefficient (Wildman–Crippen LogP) is 2.99. The fourth-order valence-electron chi connectivity index (χ4n) is 3.41. The third-order valence-corrected chi connectivity index (χ3v) is 5.37. The van der Waals surface area contributed by atoms with Crippen LogP contribution in [0.3, 0.4) is 0 Å². The number of carbonyl (C=O) groups excluding carboxylic acids is 4. The van der Waals surface area contributed by atoms with Gasteiger partial charge < -0.3 is 15.7 Å². The standard InChI is InChI=1S/C25H32FN3O5/c1-17(2)25(20(26)11-12-22(32)27-19-9-7-18(16-30)8-10-19)28-21(31)6-4-3-5-15-29-23(33)13-14-24(29)34/h7-11,13-14,17,25,30H,3-6,12,15-16H2,1-2H3,(H,27,32)(H,28,31)/b20-11-. The smallest absolute Gasteiger partial charge is 0.253 e. The summed E-state index contributed by atoms with van der Waals surface area (Å²) < 4.78 is 14.7. The normalized spacial score (nSPS) is 14.6. The van der Waals surface area contributed by atoms with E-state index in [0.717, 1.165) is 4.90 Å². The van der Waals surface area contributed by atoms with Gasteiger partial charge in [0.25, 0.3) is 11.8 Å². The van der Waals surface area contributed by atoms with Crippen LogP contribution in [0.5, 0.6) is 0 Å². The van der Waals surface area contributed by atoms with E-state index in [1.807, 2.05) is 0 Å².